The van der Waals surface area contributed by atoms with E-state index >= 15 is 0 Å². The van der Waals surface area contributed by atoms with Crippen molar-refractivity contribution in [2.24, 2.45) is 0 Å². The van der Waals surface area contributed by atoms with Gasteiger partial charge in [-0.2, -0.15) is 0 Å². The van der Waals surface area contributed by atoms with Gasteiger partial charge >= 0.3 is 5.97 Å². The third-order valence-electron chi connectivity index (χ3n) is 2.97. The minimum atomic E-state index is -1.11. The molecule has 2 rings (SSSR count). The molecule has 2 N–H and O–H groups in total. The number of carboxylic acid groups (broad SMARTS) is 1. The Hall–Kier alpha value is -2.34. The Morgan fingerprint density at radius 3 is 2.62 bits per heavy atom. The fourth-order valence-corrected chi connectivity index (χ4v) is 1.94. The highest BCUT2D eigenvalue weighted by Crippen LogP contribution is 2.32. The summed E-state index contributed by atoms with van der Waals surface area (Å²) in [4.78, 5) is 19.6. The summed E-state index contributed by atoms with van der Waals surface area (Å²) < 4.78 is 5.07. The van der Waals surface area contributed by atoms with Crippen molar-refractivity contribution in [3.63, 3.8) is 0 Å². The Labute approximate surface area is 126 Å². The number of aromatic carboxylic acids is 1. The van der Waals surface area contributed by atoms with Gasteiger partial charge in [-0.1, -0.05) is 11.6 Å². The van der Waals surface area contributed by atoms with E-state index in [2.05, 4.69) is 15.3 Å². The molecule has 0 amide bonds. The van der Waals surface area contributed by atoms with Crippen LogP contribution in [0.1, 0.15) is 21.7 Å². The fourth-order valence-electron chi connectivity index (χ4n) is 1.73. The van der Waals surface area contributed by atoms with E-state index < -0.39 is 5.97 Å². The highest BCUT2D eigenvalue weighted by molar-refractivity contribution is 6.33. The summed E-state index contributed by atoms with van der Waals surface area (Å²) in [6, 6.07) is 2.85. The number of hydrogen-bond acceptors (Lipinski definition) is 5. The maximum absolute atomic E-state index is 11.1. The van der Waals surface area contributed by atoms with Crippen molar-refractivity contribution in [3.8, 4) is 5.75 Å². The highest BCUT2D eigenvalue weighted by Gasteiger charge is 2.15. The summed E-state index contributed by atoms with van der Waals surface area (Å²) in [5.41, 5.74) is 2.13. The van der Waals surface area contributed by atoms with E-state index in [9.17, 15) is 4.79 Å². The second-order valence-corrected chi connectivity index (χ2v) is 4.80. The lowest BCUT2D eigenvalue weighted by Crippen LogP contribution is -2.03. The van der Waals surface area contributed by atoms with Crippen LogP contribution in [-0.2, 0) is 0 Å². The van der Waals surface area contributed by atoms with Gasteiger partial charge in [-0.3, -0.25) is 4.98 Å². The molecule has 0 radical (unpaired) electrons. The van der Waals surface area contributed by atoms with Crippen LogP contribution in [0.2, 0.25) is 5.02 Å². The van der Waals surface area contributed by atoms with E-state index in [1.807, 2.05) is 13.8 Å². The Morgan fingerprint density at radius 1 is 1.33 bits per heavy atom. The molecule has 1 aromatic carbocycles. The predicted octanol–water partition coefficient (Wildman–Crippen LogP) is 3.20. The van der Waals surface area contributed by atoms with Gasteiger partial charge in [0, 0.05) is 6.07 Å². The monoisotopic (exact) mass is 307 g/mol. The molecule has 0 bridgehead atoms. The quantitative estimate of drug-likeness (QED) is 0.902. The van der Waals surface area contributed by atoms with Crippen LogP contribution < -0.4 is 10.1 Å². The molecule has 1 heterocycles. The van der Waals surface area contributed by atoms with Crippen LogP contribution in [0.15, 0.2) is 18.3 Å². The average Bonchev–Trinajstić information content (AvgIpc) is 2.44. The summed E-state index contributed by atoms with van der Waals surface area (Å²) in [6.07, 6.45) is 1.58. The molecule has 21 heavy (non-hydrogen) atoms. The number of anilines is 2. The van der Waals surface area contributed by atoms with E-state index in [-0.39, 0.29) is 16.3 Å². The molecule has 0 saturated carbocycles. The molecule has 6 nitrogen and oxygen atoms in total. The number of ether oxygens (including phenoxy) is 1. The summed E-state index contributed by atoms with van der Waals surface area (Å²) >= 11 is 6.09. The van der Waals surface area contributed by atoms with Crippen molar-refractivity contribution in [2.45, 2.75) is 13.8 Å². The number of methoxy groups -OCH3 is 1. The molecule has 0 aliphatic heterocycles. The molecule has 2 aromatic rings. The van der Waals surface area contributed by atoms with Gasteiger partial charge in [0.25, 0.3) is 0 Å². The average molecular weight is 308 g/mol. The molecule has 0 aliphatic rings. The lowest BCUT2D eigenvalue weighted by Gasteiger charge is -2.12. The zero-order valence-electron chi connectivity index (χ0n) is 11.8. The number of nitrogens with zero attached hydrogens (tertiary/aromatic N) is 2. The van der Waals surface area contributed by atoms with E-state index in [4.69, 9.17) is 21.4 Å². The lowest BCUT2D eigenvalue weighted by molar-refractivity contribution is 0.0693. The molecule has 7 heteroatoms. The zero-order valence-corrected chi connectivity index (χ0v) is 12.5. The molecule has 0 fully saturated rings. The summed E-state index contributed by atoms with van der Waals surface area (Å²) in [7, 11) is 1.40. The maximum atomic E-state index is 11.1. The Kier molecular flexibility index (Phi) is 4.28. The van der Waals surface area contributed by atoms with Crippen LogP contribution in [0.5, 0.6) is 5.75 Å². The molecule has 110 valence electrons. The van der Waals surface area contributed by atoms with Crippen molar-refractivity contribution < 1.29 is 14.6 Å². The van der Waals surface area contributed by atoms with Gasteiger partial charge in [0.2, 0.25) is 0 Å². The molecular formula is C14H14ClN3O3. The van der Waals surface area contributed by atoms with Gasteiger partial charge < -0.3 is 15.2 Å². The van der Waals surface area contributed by atoms with Crippen molar-refractivity contribution in [1.29, 1.82) is 0 Å². The number of aryl methyl sites for hydroxylation is 2. The normalized spacial score (nSPS) is 10.3. The maximum Gasteiger partial charge on any atom is 0.339 e. The number of hydrogen-bond donors (Lipinski definition) is 2. The first-order valence-corrected chi connectivity index (χ1v) is 6.48. The predicted molar refractivity (Wildman–Crippen MR) is 79.8 cm³/mol. The smallest absolute Gasteiger partial charge is 0.339 e. The van der Waals surface area contributed by atoms with Crippen LogP contribution in [0, 0.1) is 13.8 Å². The minimum absolute atomic E-state index is 0.000721. The standard InChI is InChI=1S/C14H14ClN3O3/c1-7-8(2)17-13(6-16-7)18-11-5-12(21-3)9(14(19)20)4-10(11)15/h4-6H,1-3H3,(H,17,18)(H,19,20). The number of rotatable bonds is 4. The third-order valence-corrected chi connectivity index (χ3v) is 3.29. The fraction of sp³-hybridized carbons (Fsp3) is 0.214. The van der Waals surface area contributed by atoms with Gasteiger partial charge in [-0.05, 0) is 19.9 Å². The molecular weight excluding hydrogens is 294 g/mol. The molecule has 0 aliphatic carbocycles. The summed E-state index contributed by atoms with van der Waals surface area (Å²) in [5.74, 6) is -0.373. The highest BCUT2D eigenvalue weighted by atomic mass is 35.5. The Balaban J connectivity index is 2.40. The molecule has 0 unspecified atom stereocenters. The minimum Gasteiger partial charge on any atom is -0.496 e. The van der Waals surface area contributed by atoms with Crippen molar-refractivity contribution in [2.75, 3.05) is 12.4 Å². The van der Waals surface area contributed by atoms with Crippen LogP contribution in [0.4, 0.5) is 11.5 Å². The van der Waals surface area contributed by atoms with Gasteiger partial charge in [0.15, 0.2) is 0 Å². The zero-order chi connectivity index (χ0) is 15.6. The second kappa shape index (κ2) is 5.97. The van der Waals surface area contributed by atoms with Crippen LogP contribution in [0.25, 0.3) is 0 Å². The number of nitrogens with one attached hydrogen (secondary N) is 1. The Bertz CT molecular complexity index is 704. The topological polar surface area (TPSA) is 84.3 Å². The number of benzene rings is 1. The number of carboxylic acids is 1. The van der Waals surface area contributed by atoms with Gasteiger partial charge in [-0.15, -0.1) is 0 Å². The SMILES string of the molecule is COc1cc(Nc2cnc(C)c(C)n2)c(Cl)cc1C(=O)O. The van der Waals surface area contributed by atoms with Crippen molar-refractivity contribution >= 4 is 29.1 Å². The number of halogens is 1. The van der Waals surface area contributed by atoms with E-state index in [0.29, 0.717) is 11.5 Å². The van der Waals surface area contributed by atoms with Crippen molar-refractivity contribution in [1.82, 2.24) is 9.97 Å². The van der Waals surface area contributed by atoms with Crippen LogP contribution in [-0.4, -0.2) is 28.2 Å². The van der Waals surface area contributed by atoms with E-state index in [1.165, 1.54) is 19.2 Å². The van der Waals surface area contributed by atoms with Crippen molar-refractivity contribution in [3.05, 3.63) is 40.3 Å². The largest absolute Gasteiger partial charge is 0.496 e. The summed E-state index contributed by atoms with van der Waals surface area (Å²) in [6.45, 7) is 3.72. The lowest BCUT2D eigenvalue weighted by atomic mass is 10.2. The van der Waals surface area contributed by atoms with E-state index in [0.717, 1.165) is 11.4 Å². The second-order valence-electron chi connectivity index (χ2n) is 4.39. The molecule has 0 spiro atoms. The van der Waals surface area contributed by atoms with Gasteiger partial charge in [0.1, 0.15) is 17.1 Å². The van der Waals surface area contributed by atoms with Gasteiger partial charge in [0.05, 0.1) is 35.4 Å². The van der Waals surface area contributed by atoms with Crippen LogP contribution in [0.3, 0.4) is 0 Å². The molecule has 1 aromatic heterocycles. The molecule has 0 atom stereocenters. The van der Waals surface area contributed by atoms with E-state index in [1.54, 1.807) is 6.20 Å². The Morgan fingerprint density at radius 2 is 2.05 bits per heavy atom. The van der Waals surface area contributed by atoms with Crippen LogP contribution >= 0.6 is 11.6 Å². The van der Waals surface area contributed by atoms with Gasteiger partial charge in [-0.25, -0.2) is 9.78 Å². The first-order chi connectivity index (χ1) is 9.92. The third kappa shape index (κ3) is 3.22. The number of aromatic nitrogens is 2. The first kappa shape index (κ1) is 15.1. The number of carbonyl (C=O) groups is 1. The molecule has 0 saturated heterocycles. The first-order valence-electron chi connectivity index (χ1n) is 6.10. The summed E-state index contributed by atoms with van der Waals surface area (Å²) in [5, 5.41) is 12.3.